The molecule has 0 heterocycles. The molecule has 0 bridgehead atoms. The van der Waals surface area contributed by atoms with Gasteiger partial charge >= 0.3 is 7.32 Å². The number of hydrogen-bond acceptors (Lipinski definition) is 3. The van der Waals surface area contributed by atoms with Gasteiger partial charge in [0.05, 0.1) is 27.2 Å². The zero-order valence-electron chi connectivity index (χ0n) is 17.1. The Morgan fingerprint density at radius 2 is 1.33 bits per heavy atom. The first-order valence-corrected chi connectivity index (χ1v) is 9.85. The number of likely N-dealkylation sites (N-methyl/N-ethyl adjacent to an activating group) is 1. The lowest BCUT2D eigenvalue weighted by Crippen LogP contribution is -2.46. The molecule has 2 rings (SSSR count). The molecule has 146 valence electrons. The predicted octanol–water partition coefficient (Wildman–Crippen LogP) is 4.80. The van der Waals surface area contributed by atoms with Gasteiger partial charge in [-0.2, -0.15) is 0 Å². The molecular formula is C22H33BNO3+. The zero-order chi connectivity index (χ0) is 19.5. The normalized spacial score (nSPS) is 12.4. The molecule has 0 amide bonds. The smallest absolute Gasteiger partial charge is 0.501 e. The maximum absolute atomic E-state index is 6.32. The molecule has 2 aromatic rings. The molecule has 0 aromatic heterocycles. The summed E-state index contributed by atoms with van der Waals surface area (Å²) in [4.78, 5) is 0. The van der Waals surface area contributed by atoms with Crippen molar-refractivity contribution in [2.75, 3.05) is 27.7 Å². The molecule has 0 saturated carbocycles. The van der Waals surface area contributed by atoms with Crippen LogP contribution in [0, 0.1) is 0 Å². The lowest BCUT2D eigenvalue weighted by atomic mass is 10.1. The maximum Gasteiger partial charge on any atom is 0.788 e. The fourth-order valence-corrected chi connectivity index (χ4v) is 2.89. The van der Waals surface area contributed by atoms with Crippen LogP contribution in [0.3, 0.4) is 0 Å². The first-order valence-electron chi connectivity index (χ1n) is 9.85. The van der Waals surface area contributed by atoms with Crippen molar-refractivity contribution < 1.29 is 18.4 Å². The molecular weight excluding hydrogens is 337 g/mol. The van der Waals surface area contributed by atoms with Crippen molar-refractivity contribution in [3.8, 4) is 11.5 Å². The first-order chi connectivity index (χ1) is 13.0. The van der Waals surface area contributed by atoms with E-state index in [2.05, 4.69) is 28.1 Å². The number of para-hydroxylation sites is 2. The molecule has 27 heavy (non-hydrogen) atoms. The van der Waals surface area contributed by atoms with E-state index >= 15 is 0 Å². The van der Waals surface area contributed by atoms with Gasteiger partial charge in [0.2, 0.25) is 0 Å². The average Bonchev–Trinajstić information content (AvgIpc) is 2.62. The minimum absolute atomic E-state index is 0.0639. The van der Waals surface area contributed by atoms with E-state index in [1.165, 1.54) is 12.8 Å². The number of nitrogens with zero attached hydrogens (tertiary/aromatic N) is 1. The van der Waals surface area contributed by atoms with Crippen LogP contribution >= 0.6 is 0 Å². The summed E-state index contributed by atoms with van der Waals surface area (Å²) in [6.45, 7) is 3.12. The highest BCUT2D eigenvalue weighted by Gasteiger charge is 2.33. The van der Waals surface area contributed by atoms with Gasteiger partial charge < -0.3 is 18.4 Å². The molecule has 0 saturated heterocycles. The fraction of sp³-hybridized carbons (Fsp3) is 0.455. The number of quaternary nitrogens is 1. The van der Waals surface area contributed by atoms with Gasteiger partial charge in [-0.3, -0.25) is 0 Å². The quantitative estimate of drug-likeness (QED) is 0.305. The van der Waals surface area contributed by atoms with Crippen molar-refractivity contribution in [3.05, 3.63) is 60.7 Å². The van der Waals surface area contributed by atoms with Crippen LogP contribution < -0.4 is 9.31 Å². The Labute approximate surface area is 164 Å². The number of unbranched alkanes of at least 4 members (excludes halogenated alkanes) is 2. The van der Waals surface area contributed by atoms with Crippen LogP contribution in [0.4, 0.5) is 0 Å². The topological polar surface area (TPSA) is 27.7 Å². The lowest BCUT2D eigenvalue weighted by Gasteiger charge is -2.30. The van der Waals surface area contributed by atoms with Crippen LogP contribution in [-0.2, 0) is 4.65 Å². The lowest BCUT2D eigenvalue weighted by molar-refractivity contribution is -0.873. The summed E-state index contributed by atoms with van der Waals surface area (Å²) < 4.78 is 19.2. The van der Waals surface area contributed by atoms with E-state index in [9.17, 15) is 0 Å². The van der Waals surface area contributed by atoms with Crippen LogP contribution in [-0.4, -0.2) is 45.6 Å². The summed E-state index contributed by atoms with van der Waals surface area (Å²) >= 11 is 0. The monoisotopic (exact) mass is 370 g/mol. The minimum Gasteiger partial charge on any atom is -0.501 e. The Morgan fingerprint density at radius 3 is 1.78 bits per heavy atom. The van der Waals surface area contributed by atoms with E-state index < -0.39 is 7.32 Å². The Bertz CT molecular complexity index is 590. The van der Waals surface area contributed by atoms with E-state index in [1.54, 1.807) is 0 Å². The predicted molar refractivity (Wildman–Crippen MR) is 112 cm³/mol. The second kappa shape index (κ2) is 11.0. The Hall–Kier alpha value is -1.98. The molecule has 0 radical (unpaired) electrons. The molecule has 0 aliphatic rings. The van der Waals surface area contributed by atoms with Gasteiger partial charge in [0.1, 0.15) is 18.0 Å². The third kappa shape index (κ3) is 8.98. The van der Waals surface area contributed by atoms with Crippen LogP contribution in [0.25, 0.3) is 0 Å². The van der Waals surface area contributed by atoms with Crippen molar-refractivity contribution in [2.24, 2.45) is 0 Å². The number of benzene rings is 2. The summed E-state index contributed by atoms with van der Waals surface area (Å²) in [5.41, 5.74) is 0. The van der Waals surface area contributed by atoms with Gasteiger partial charge in [-0.1, -0.05) is 62.6 Å². The number of rotatable bonds is 12. The van der Waals surface area contributed by atoms with Crippen LogP contribution in [0.5, 0.6) is 11.5 Å². The van der Waals surface area contributed by atoms with Gasteiger partial charge in [0.15, 0.2) is 0 Å². The first kappa shape index (κ1) is 21.3. The van der Waals surface area contributed by atoms with Crippen molar-refractivity contribution in [3.63, 3.8) is 0 Å². The van der Waals surface area contributed by atoms with Crippen LogP contribution in [0.1, 0.15) is 32.6 Å². The number of hydrogen-bond donors (Lipinski definition) is 0. The molecule has 1 atom stereocenters. The fourth-order valence-electron chi connectivity index (χ4n) is 2.89. The summed E-state index contributed by atoms with van der Waals surface area (Å²) in [5, 5.41) is 0. The largest absolute Gasteiger partial charge is 0.788 e. The van der Waals surface area contributed by atoms with E-state index in [1.807, 2.05) is 60.7 Å². The molecule has 0 aliphatic heterocycles. The van der Waals surface area contributed by atoms with Gasteiger partial charge in [-0.05, 0) is 30.7 Å². The van der Waals surface area contributed by atoms with E-state index in [4.69, 9.17) is 14.0 Å². The molecule has 0 N–H and O–H groups in total. The summed E-state index contributed by atoms with van der Waals surface area (Å²) in [7, 11) is 5.76. The van der Waals surface area contributed by atoms with E-state index in [0.717, 1.165) is 35.4 Å². The van der Waals surface area contributed by atoms with Crippen molar-refractivity contribution in [2.45, 2.75) is 38.7 Å². The molecule has 4 nitrogen and oxygen atoms in total. The van der Waals surface area contributed by atoms with Crippen LogP contribution in [0.15, 0.2) is 60.7 Å². The van der Waals surface area contributed by atoms with Gasteiger partial charge in [-0.15, -0.1) is 0 Å². The Morgan fingerprint density at radius 1 is 0.815 bits per heavy atom. The minimum atomic E-state index is -0.784. The summed E-state index contributed by atoms with van der Waals surface area (Å²) in [6.07, 6.45) is 4.61. The third-order valence-electron chi connectivity index (χ3n) is 4.14. The van der Waals surface area contributed by atoms with Crippen molar-refractivity contribution >= 4 is 7.32 Å². The Balaban J connectivity index is 2.10. The molecule has 2 aromatic carbocycles. The van der Waals surface area contributed by atoms with Gasteiger partial charge in [0, 0.05) is 0 Å². The molecule has 1 unspecified atom stereocenters. The average molecular weight is 370 g/mol. The second-order valence-electron chi connectivity index (χ2n) is 7.88. The highest BCUT2D eigenvalue weighted by Crippen LogP contribution is 2.18. The maximum atomic E-state index is 6.32. The molecule has 0 aliphatic carbocycles. The van der Waals surface area contributed by atoms with E-state index in [-0.39, 0.29) is 6.10 Å². The van der Waals surface area contributed by atoms with Crippen molar-refractivity contribution in [1.82, 2.24) is 0 Å². The second-order valence-corrected chi connectivity index (χ2v) is 7.88. The van der Waals surface area contributed by atoms with Crippen LogP contribution in [0.2, 0.25) is 0 Å². The van der Waals surface area contributed by atoms with E-state index in [0.29, 0.717) is 0 Å². The summed E-state index contributed by atoms with van der Waals surface area (Å²) in [5.74, 6) is 1.46. The highest BCUT2D eigenvalue weighted by molar-refractivity contribution is 6.38. The van der Waals surface area contributed by atoms with Gasteiger partial charge in [0.25, 0.3) is 0 Å². The SMILES string of the molecule is CCCCCC(C[N+](C)(C)C)OB(Oc1ccccc1)Oc1ccccc1. The Kier molecular flexibility index (Phi) is 8.69. The van der Waals surface area contributed by atoms with Crippen molar-refractivity contribution in [1.29, 1.82) is 0 Å². The summed E-state index contributed by atoms with van der Waals surface area (Å²) in [6, 6.07) is 19.4. The zero-order valence-corrected chi connectivity index (χ0v) is 17.1. The molecule has 0 fully saturated rings. The third-order valence-corrected chi connectivity index (χ3v) is 4.14. The highest BCUT2D eigenvalue weighted by atomic mass is 16.7. The molecule has 5 heteroatoms. The van der Waals surface area contributed by atoms with Gasteiger partial charge in [-0.25, -0.2) is 0 Å². The standard InChI is InChI=1S/C22H33BNO3/c1-5-6-9-18-22(19-24(2,3)4)27-23(25-20-14-10-7-11-15-20)26-21-16-12-8-13-17-21/h7-8,10-17,22H,5-6,9,18-19H2,1-4H3/q+1. The molecule has 0 spiro atoms.